The highest BCUT2D eigenvalue weighted by Crippen LogP contribution is 2.23. The van der Waals surface area contributed by atoms with E-state index in [1.807, 2.05) is 6.08 Å². The van der Waals surface area contributed by atoms with Gasteiger partial charge in [0.15, 0.2) is 6.29 Å². The summed E-state index contributed by atoms with van der Waals surface area (Å²) in [6.45, 7) is 3.83. The Morgan fingerprint density at radius 3 is 1.05 bits per heavy atom. The topological polar surface area (TPSA) is 149 Å². The van der Waals surface area contributed by atoms with Gasteiger partial charge in [-0.15, -0.1) is 0 Å². The van der Waals surface area contributed by atoms with Crippen molar-refractivity contribution in [3.63, 3.8) is 0 Å². The van der Waals surface area contributed by atoms with Crippen molar-refractivity contribution in [3.8, 4) is 0 Å². The highest BCUT2D eigenvalue weighted by molar-refractivity contribution is 5.76. The summed E-state index contributed by atoms with van der Waals surface area (Å²) >= 11 is 0. The monoisotopic (exact) mass is 1090 g/mol. The molecule has 0 saturated carbocycles. The number of amides is 1. The van der Waals surface area contributed by atoms with Crippen LogP contribution in [0.1, 0.15) is 348 Å². The van der Waals surface area contributed by atoms with Crippen LogP contribution in [0.2, 0.25) is 0 Å². The van der Waals surface area contributed by atoms with E-state index in [0.717, 1.165) is 38.5 Å². The summed E-state index contributed by atoms with van der Waals surface area (Å²) in [7, 11) is 0. The van der Waals surface area contributed by atoms with Gasteiger partial charge in [-0.1, -0.05) is 321 Å². The molecular weight excluding hydrogens is 959 g/mol. The van der Waals surface area contributed by atoms with E-state index in [9.17, 15) is 30.3 Å². The van der Waals surface area contributed by atoms with E-state index in [1.165, 1.54) is 289 Å². The Bertz CT molecular complexity index is 1260. The molecule has 1 rings (SSSR count). The van der Waals surface area contributed by atoms with Crippen molar-refractivity contribution in [2.45, 2.75) is 391 Å². The molecule has 1 heterocycles. The molecule has 1 saturated heterocycles. The van der Waals surface area contributed by atoms with Crippen LogP contribution in [0.4, 0.5) is 0 Å². The largest absolute Gasteiger partial charge is 0.394 e. The highest BCUT2D eigenvalue weighted by atomic mass is 16.7. The summed E-state index contributed by atoms with van der Waals surface area (Å²) < 4.78 is 11.3. The van der Waals surface area contributed by atoms with E-state index in [4.69, 9.17) is 9.47 Å². The number of unbranched alkanes of at least 4 members (excludes halogenated alkanes) is 48. The lowest BCUT2D eigenvalue weighted by atomic mass is 9.99. The van der Waals surface area contributed by atoms with Crippen LogP contribution in [0, 0.1) is 0 Å². The molecule has 0 aliphatic carbocycles. The van der Waals surface area contributed by atoms with Gasteiger partial charge in [-0.2, -0.15) is 0 Å². The number of aliphatic hydroxyl groups excluding tert-OH is 5. The van der Waals surface area contributed by atoms with Gasteiger partial charge < -0.3 is 40.3 Å². The second kappa shape index (κ2) is 57.9. The number of allylic oxidation sites excluding steroid dienone is 3. The molecular formula is C68H131NO8. The molecule has 7 atom stereocenters. The van der Waals surface area contributed by atoms with Gasteiger partial charge in [0.1, 0.15) is 24.4 Å². The van der Waals surface area contributed by atoms with Crippen molar-refractivity contribution in [2.24, 2.45) is 0 Å². The highest BCUT2D eigenvalue weighted by Gasteiger charge is 2.44. The van der Waals surface area contributed by atoms with Crippen LogP contribution in [0.25, 0.3) is 0 Å². The summed E-state index contributed by atoms with van der Waals surface area (Å²) in [5.41, 5.74) is 0. The van der Waals surface area contributed by atoms with Crippen LogP contribution < -0.4 is 5.32 Å². The summed E-state index contributed by atoms with van der Waals surface area (Å²) in [6, 6.07) is -0.806. The molecule has 1 aliphatic heterocycles. The molecule has 0 bridgehead atoms. The van der Waals surface area contributed by atoms with E-state index in [2.05, 4.69) is 31.3 Å². The van der Waals surface area contributed by atoms with Crippen LogP contribution in [0.15, 0.2) is 24.3 Å². The van der Waals surface area contributed by atoms with Gasteiger partial charge in [-0.3, -0.25) is 4.79 Å². The molecule has 0 spiro atoms. The number of carbonyl (C=O) groups is 1. The fraction of sp³-hybridized carbons (Fsp3) is 0.926. The molecule has 77 heavy (non-hydrogen) atoms. The standard InChI is InChI=1S/C68H131NO8/c1-3-5-7-9-11-13-15-17-19-21-23-25-26-27-28-29-30-31-32-33-34-35-36-38-39-41-43-45-47-49-51-53-55-57-62(71)61(60-76-68-67(75)66(74)65(73)63(59-70)77-68)69-64(72)58-56-54-52-50-48-46-44-42-40-37-24-22-20-18-16-14-12-10-8-6-4-2/h22,24,55,57,61-63,65-68,70-71,73-75H,3-21,23,25-54,56,58-60H2,1-2H3,(H,69,72)/b24-22-,57-55+. The Morgan fingerprint density at radius 1 is 0.429 bits per heavy atom. The van der Waals surface area contributed by atoms with Crippen LogP contribution >= 0.6 is 0 Å². The van der Waals surface area contributed by atoms with Gasteiger partial charge in [-0.05, 0) is 44.9 Å². The number of rotatable bonds is 60. The smallest absolute Gasteiger partial charge is 0.220 e. The van der Waals surface area contributed by atoms with Crippen molar-refractivity contribution < 1.29 is 39.8 Å². The van der Waals surface area contributed by atoms with Crippen LogP contribution in [-0.4, -0.2) is 87.5 Å². The molecule has 7 unspecified atom stereocenters. The Labute approximate surface area is 477 Å². The lowest BCUT2D eigenvalue weighted by Gasteiger charge is -2.40. The second-order valence-electron chi connectivity index (χ2n) is 24.0. The number of hydrogen-bond acceptors (Lipinski definition) is 8. The first-order valence-electron chi connectivity index (χ1n) is 34.1. The molecule has 1 amide bonds. The third-order valence-corrected chi connectivity index (χ3v) is 16.5. The minimum Gasteiger partial charge on any atom is -0.394 e. The van der Waals surface area contributed by atoms with Gasteiger partial charge in [0, 0.05) is 6.42 Å². The van der Waals surface area contributed by atoms with Crippen LogP contribution in [-0.2, 0) is 14.3 Å². The molecule has 0 radical (unpaired) electrons. The van der Waals surface area contributed by atoms with E-state index in [1.54, 1.807) is 6.08 Å². The minimum absolute atomic E-state index is 0.173. The molecule has 6 N–H and O–H groups in total. The number of aliphatic hydroxyl groups is 5. The normalized spacial score (nSPS) is 18.8. The first-order chi connectivity index (χ1) is 37.8. The summed E-state index contributed by atoms with van der Waals surface area (Å²) in [4.78, 5) is 13.1. The van der Waals surface area contributed by atoms with Gasteiger partial charge in [0.2, 0.25) is 5.91 Å². The third-order valence-electron chi connectivity index (χ3n) is 16.5. The van der Waals surface area contributed by atoms with Crippen LogP contribution in [0.3, 0.4) is 0 Å². The van der Waals surface area contributed by atoms with E-state index in [-0.39, 0.29) is 12.5 Å². The number of hydrogen-bond donors (Lipinski definition) is 6. The average molecular weight is 1090 g/mol. The zero-order valence-electron chi connectivity index (χ0n) is 51.0. The fourth-order valence-electron chi connectivity index (χ4n) is 11.2. The average Bonchev–Trinajstić information content (AvgIpc) is 3.43. The lowest BCUT2D eigenvalue weighted by Crippen LogP contribution is -2.60. The number of nitrogens with one attached hydrogen (secondary N) is 1. The summed E-state index contributed by atoms with van der Waals surface area (Å²) in [5, 5.41) is 54.7. The van der Waals surface area contributed by atoms with Crippen molar-refractivity contribution in [1.29, 1.82) is 0 Å². The van der Waals surface area contributed by atoms with E-state index in [0.29, 0.717) is 6.42 Å². The summed E-state index contributed by atoms with van der Waals surface area (Å²) in [5.74, 6) is -0.173. The molecule has 1 fully saturated rings. The Kier molecular flexibility index (Phi) is 55.4. The van der Waals surface area contributed by atoms with E-state index < -0.39 is 49.5 Å². The van der Waals surface area contributed by atoms with E-state index >= 15 is 0 Å². The predicted octanol–water partition coefficient (Wildman–Crippen LogP) is 18.1. The van der Waals surface area contributed by atoms with Gasteiger partial charge >= 0.3 is 0 Å². The maximum absolute atomic E-state index is 13.1. The molecule has 9 heteroatoms. The molecule has 0 aromatic carbocycles. The zero-order chi connectivity index (χ0) is 55.8. The molecule has 0 aromatic heterocycles. The second-order valence-corrected chi connectivity index (χ2v) is 24.0. The van der Waals surface area contributed by atoms with Gasteiger partial charge in [0.05, 0.1) is 25.4 Å². The Balaban J connectivity index is 2.12. The molecule has 9 nitrogen and oxygen atoms in total. The fourth-order valence-corrected chi connectivity index (χ4v) is 11.2. The number of carbonyl (C=O) groups excluding carboxylic acids is 1. The minimum atomic E-state index is -1.57. The maximum atomic E-state index is 13.1. The zero-order valence-corrected chi connectivity index (χ0v) is 51.0. The lowest BCUT2D eigenvalue weighted by molar-refractivity contribution is -0.302. The van der Waals surface area contributed by atoms with Crippen LogP contribution in [0.5, 0.6) is 0 Å². The third kappa shape index (κ3) is 46.9. The number of ether oxygens (including phenoxy) is 2. The predicted molar refractivity (Wildman–Crippen MR) is 327 cm³/mol. The van der Waals surface area contributed by atoms with Gasteiger partial charge in [-0.25, -0.2) is 0 Å². The Morgan fingerprint density at radius 2 is 0.727 bits per heavy atom. The molecule has 0 aromatic rings. The van der Waals surface area contributed by atoms with Crippen molar-refractivity contribution in [3.05, 3.63) is 24.3 Å². The maximum Gasteiger partial charge on any atom is 0.220 e. The molecule has 1 aliphatic rings. The SMILES string of the molecule is CCCCCCCCCC/C=C\CCCCCCCCCCCC(=O)NC(COC1OC(CO)C(O)C(O)C1O)C(O)/C=C/CCCCCCCCCCCCCCCCCCCCCCCCCCCCCCCCC. The van der Waals surface area contributed by atoms with Crippen molar-refractivity contribution >= 4 is 5.91 Å². The summed E-state index contributed by atoms with van der Waals surface area (Å²) in [6.07, 6.45) is 68.5. The van der Waals surface area contributed by atoms with Gasteiger partial charge in [0.25, 0.3) is 0 Å². The molecule has 456 valence electrons. The first-order valence-corrected chi connectivity index (χ1v) is 34.1. The quantitative estimate of drug-likeness (QED) is 0.0261. The van der Waals surface area contributed by atoms with Crippen molar-refractivity contribution in [2.75, 3.05) is 13.2 Å². The Hall–Kier alpha value is -1.33. The first kappa shape index (κ1) is 73.7. The van der Waals surface area contributed by atoms with Crippen molar-refractivity contribution in [1.82, 2.24) is 5.32 Å².